The van der Waals surface area contributed by atoms with Crippen LogP contribution in [-0.4, -0.2) is 27.8 Å². The van der Waals surface area contributed by atoms with Crippen LogP contribution >= 0.6 is 11.3 Å². The predicted octanol–water partition coefficient (Wildman–Crippen LogP) is 4.55. The number of halogens is 3. The summed E-state index contributed by atoms with van der Waals surface area (Å²) in [6, 6.07) is 6.46. The summed E-state index contributed by atoms with van der Waals surface area (Å²) in [5.41, 5.74) is 0.133. The highest BCUT2D eigenvalue weighted by Crippen LogP contribution is 2.37. The van der Waals surface area contributed by atoms with Crippen LogP contribution in [0.5, 0.6) is 11.5 Å². The predicted molar refractivity (Wildman–Crippen MR) is 99.9 cm³/mol. The minimum atomic E-state index is -4.68. The van der Waals surface area contributed by atoms with Crippen molar-refractivity contribution in [2.24, 2.45) is 0 Å². The van der Waals surface area contributed by atoms with Gasteiger partial charge in [-0.05, 0) is 25.1 Å². The van der Waals surface area contributed by atoms with Crippen molar-refractivity contribution in [3.63, 3.8) is 0 Å². The number of sulfonamides is 1. The number of methoxy groups -OCH3 is 2. The first kappa shape index (κ1) is 21.0. The van der Waals surface area contributed by atoms with Crippen molar-refractivity contribution in [3.05, 3.63) is 41.0 Å². The molecule has 2 aromatic heterocycles. The first-order chi connectivity index (χ1) is 13.5. The lowest BCUT2D eigenvalue weighted by atomic mass is 10.3. The van der Waals surface area contributed by atoms with E-state index in [2.05, 4.69) is 14.4 Å². The van der Waals surface area contributed by atoms with E-state index in [-0.39, 0.29) is 21.2 Å². The third kappa shape index (κ3) is 4.32. The van der Waals surface area contributed by atoms with Crippen LogP contribution in [0, 0.1) is 6.92 Å². The van der Waals surface area contributed by atoms with E-state index in [1.165, 1.54) is 38.5 Å². The summed E-state index contributed by atoms with van der Waals surface area (Å²) >= 11 is 0.989. The number of nitrogens with one attached hydrogen (secondary N) is 1. The maximum atomic E-state index is 12.8. The van der Waals surface area contributed by atoms with E-state index in [4.69, 9.17) is 9.47 Å². The number of aromatic nitrogens is 1. The Morgan fingerprint density at radius 2 is 1.79 bits per heavy atom. The smallest absolute Gasteiger partial charge is 0.452 e. The summed E-state index contributed by atoms with van der Waals surface area (Å²) in [6.07, 6.45) is -4.68. The molecule has 2 heterocycles. The van der Waals surface area contributed by atoms with Crippen LogP contribution in [0.2, 0.25) is 0 Å². The molecule has 156 valence electrons. The van der Waals surface area contributed by atoms with Gasteiger partial charge in [0.25, 0.3) is 10.0 Å². The van der Waals surface area contributed by atoms with Crippen LogP contribution in [0.1, 0.15) is 10.6 Å². The molecule has 0 saturated carbocycles. The molecule has 0 aliphatic carbocycles. The highest BCUT2D eigenvalue weighted by atomic mass is 32.2. The fourth-order valence-electron chi connectivity index (χ4n) is 2.49. The van der Waals surface area contributed by atoms with Crippen molar-refractivity contribution in [2.45, 2.75) is 18.0 Å². The van der Waals surface area contributed by atoms with E-state index < -0.39 is 22.0 Å². The Balaban J connectivity index is 1.91. The Morgan fingerprint density at radius 1 is 1.10 bits per heavy atom. The Hall–Kier alpha value is -2.73. The molecule has 7 nitrogen and oxygen atoms in total. The van der Waals surface area contributed by atoms with E-state index >= 15 is 0 Å². The second-order valence-electron chi connectivity index (χ2n) is 5.78. The highest BCUT2D eigenvalue weighted by Gasteiger charge is 2.36. The molecule has 0 bridgehead atoms. The zero-order valence-electron chi connectivity index (χ0n) is 15.3. The molecule has 0 atom stereocenters. The minimum absolute atomic E-state index is 0.0798. The lowest BCUT2D eigenvalue weighted by Gasteiger charge is -2.11. The number of ether oxygens (including phenoxy) is 2. The molecule has 12 heteroatoms. The average Bonchev–Trinajstić information content (AvgIpc) is 3.28. The van der Waals surface area contributed by atoms with Gasteiger partial charge in [-0.25, -0.2) is 8.42 Å². The summed E-state index contributed by atoms with van der Waals surface area (Å²) < 4.78 is 80.6. The lowest BCUT2D eigenvalue weighted by Crippen LogP contribution is -2.13. The summed E-state index contributed by atoms with van der Waals surface area (Å²) in [6.45, 7) is 1.54. The lowest BCUT2D eigenvalue weighted by molar-refractivity contribution is -0.155. The molecule has 1 N–H and O–H groups in total. The van der Waals surface area contributed by atoms with E-state index in [0.717, 1.165) is 17.4 Å². The molecule has 0 aliphatic rings. The Labute approximate surface area is 168 Å². The van der Waals surface area contributed by atoms with Gasteiger partial charge in [0.1, 0.15) is 10.6 Å². The molecule has 3 aromatic rings. The largest absolute Gasteiger partial charge is 0.493 e. The fraction of sp³-hybridized carbons (Fsp3) is 0.235. The van der Waals surface area contributed by atoms with Crippen LogP contribution in [0.3, 0.4) is 0 Å². The Morgan fingerprint density at radius 3 is 2.38 bits per heavy atom. The molecule has 0 amide bonds. The number of hydrogen-bond acceptors (Lipinski definition) is 7. The molecule has 0 fully saturated rings. The zero-order chi connectivity index (χ0) is 21.4. The topological polar surface area (TPSA) is 90.7 Å². The quantitative estimate of drug-likeness (QED) is 0.595. The fourth-order valence-corrected chi connectivity index (χ4v) is 5.09. The highest BCUT2D eigenvalue weighted by molar-refractivity contribution is 7.93. The van der Waals surface area contributed by atoms with Gasteiger partial charge in [0.2, 0.25) is 5.76 Å². The summed E-state index contributed by atoms with van der Waals surface area (Å²) in [5, 5.41) is 3.38. The number of hydrogen-bond donors (Lipinski definition) is 1. The van der Waals surface area contributed by atoms with Gasteiger partial charge in [-0.1, -0.05) is 5.16 Å². The Bertz CT molecular complexity index is 1140. The number of rotatable bonds is 6. The number of nitrogens with zero attached hydrogens (tertiary/aromatic N) is 1. The molecular weight excluding hydrogens is 433 g/mol. The van der Waals surface area contributed by atoms with Crippen molar-refractivity contribution in [1.82, 2.24) is 5.16 Å². The zero-order valence-corrected chi connectivity index (χ0v) is 17.0. The number of thiophene rings is 1. The second-order valence-corrected chi connectivity index (χ2v) is 8.69. The van der Waals surface area contributed by atoms with Crippen molar-refractivity contribution < 1.29 is 35.6 Å². The summed E-state index contributed by atoms with van der Waals surface area (Å²) in [5.74, 6) is -0.500. The molecular formula is C17H15F3N2O5S2. The molecule has 0 saturated heterocycles. The molecule has 0 unspecified atom stereocenters. The normalized spacial score (nSPS) is 12.1. The number of aryl methyl sites for hydroxylation is 1. The van der Waals surface area contributed by atoms with Gasteiger partial charge >= 0.3 is 6.18 Å². The first-order valence-corrected chi connectivity index (χ1v) is 10.2. The Kier molecular flexibility index (Phi) is 5.50. The SMILES string of the molecule is COc1ccc(NS(=O)(=O)c2cc(-c3cc(C(F)(F)F)on3)sc2C)cc1OC. The van der Waals surface area contributed by atoms with Crippen molar-refractivity contribution >= 4 is 27.0 Å². The molecule has 0 radical (unpaired) electrons. The number of benzene rings is 1. The van der Waals surface area contributed by atoms with Gasteiger partial charge < -0.3 is 14.0 Å². The first-order valence-electron chi connectivity index (χ1n) is 7.94. The van der Waals surface area contributed by atoms with E-state index in [9.17, 15) is 21.6 Å². The van der Waals surface area contributed by atoms with Gasteiger partial charge in [0.15, 0.2) is 11.5 Å². The summed E-state index contributed by atoms with van der Waals surface area (Å²) in [4.78, 5) is 0.530. The maximum absolute atomic E-state index is 12.8. The van der Waals surface area contributed by atoms with Crippen LogP contribution in [0.4, 0.5) is 18.9 Å². The van der Waals surface area contributed by atoms with Gasteiger partial charge in [-0.3, -0.25) is 4.72 Å². The van der Waals surface area contributed by atoms with Crippen molar-refractivity contribution in [2.75, 3.05) is 18.9 Å². The monoisotopic (exact) mass is 448 g/mol. The van der Waals surface area contributed by atoms with Crippen LogP contribution < -0.4 is 14.2 Å². The molecule has 3 rings (SSSR count). The molecule has 0 aliphatic heterocycles. The van der Waals surface area contributed by atoms with E-state index in [1.54, 1.807) is 6.92 Å². The van der Waals surface area contributed by atoms with Crippen molar-refractivity contribution in [1.29, 1.82) is 0 Å². The van der Waals surface area contributed by atoms with E-state index in [0.29, 0.717) is 16.4 Å². The molecule has 1 aromatic carbocycles. The number of anilines is 1. The third-order valence-electron chi connectivity index (χ3n) is 3.84. The van der Waals surface area contributed by atoms with Crippen LogP contribution in [-0.2, 0) is 16.2 Å². The van der Waals surface area contributed by atoms with Gasteiger partial charge in [0, 0.05) is 17.0 Å². The van der Waals surface area contributed by atoms with Crippen molar-refractivity contribution in [3.8, 4) is 22.1 Å². The number of alkyl halides is 3. The van der Waals surface area contributed by atoms with Gasteiger partial charge in [-0.15, -0.1) is 11.3 Å². The van der Waals surface area contributed by atoms with Gasteiger partial charge in [0.05, 0.1) is 24.8 Å². The van der Waals surface area contributed by atoms with Gasteiger partial charge in [-0.2, -0.15) is 13.2 Å². The van der Waals surface area contributed by atoms with E-state index in [1.807, 2.05) is 0 Å². The maximum Gasteiger partial charge on any atom is 0.452 e. The molecule has 0 spiro atoms. The summed E-state index contributed by atoms with van der Waals surface area (Å²) in [7, 11) is -1.15. The molecule has 29 heavy (non-hydrogen) atoms. The van der Waals surface area contributed by atoms with Crippen LogP contribution in [0.25, 0.3) is 10.6 Å². The second kappa shape index (κ2) is 7.59. The minimum Gasteiger partial charge on any atom is -0.493 e. The van der Waals surface area contributed by atoms with Crippen LogP contribution in [0.15, 0.2) is 39.8 Å². The third-order valence-corrected chi connectivity index (χ3v) is 6.55. The standard InChI is InChI=1S/C17H15F3N2O5S2/c1-9-15(8-14(28-9)11-7-16(27-21-11)17(18,19)20)29(23,24)22-10-4-5-12(25-2)13(6-10)26-3/h4-8,22H,1-3H3. The average molecular weight is 448 g/mol.